The normalized spacial score (nSPS) is 23.9. The average Bonchev–Trinajstić information content (AvgIpc) is 3.48. The molecule has 0 saturated carbocycles. The van der Waals surface area contributed by atoms with E-state index < -0.39 is 8.07 Å². The van der Waals surface area contributed by atoms with Crippen LogP contribution in [0.5, 0.6) is 0 Å². The number of piperidine rings is 1. The van der Waals surface area contributed by atoms with Gasteiger partial charge in [-0.2, -0.15) is 5.26 Å². The van der Waals surface area contributed by atoms with Crippen LogP contribution in [0.25, 0.3) is 5.57 Å². The van der Waals surface area contributed by atoms with Crippen LogP contribution in [0.4, 0.5) is 5.69 Å². The summed E-state index contributed by atoms with van der Waals surface area (Å²) in [6.07, 6.45) is 11.6. The lowest BCUT2D eigenvalue weighted by molar-refractivity contribution is 0.0808. The molecular weight excluding hydrogens is 516 g/mol. The molecule has 2 unspecified atom stereocenters. The molecule has 40 heavy (non-hydrogen) atoms. The summed E-state index contributed by atoms with van der Waals surface area (Å²) < 4.78 is 7.51. The van der Waals surface area contributed by atoms with Crippen molar-refractivity contribution in [2.24, 2.45) is 5.41 Å². The Kier molecular flexibility index (Phi) is 8.32. The number of nitrogens with zero attached hydrogens (tertiary/aromatic N) is 4. The first kappa shape index (κ1) is 28.7. The van der Waals surface area contributed by atoms with Crippen molar-refractivity contribution in [3.63, 3.8) is 0 Å². The van der Waals surface area contributed by atoms with Gasteiger partial charge in [-0.05, 0) is 74.1 Å². The van der Waals surface area contributed by atoms with E-state index in [9.17, 15) is 10.1 Å². The monoisotopic (exact) mass is 560 g/mol. The van der Waals surface area contributed by atoms with Gasteiger partial charge < -0.3 is 19.9 Å². The maximum Gasteiger partial charge on any atom is 0.291 e. The third-order valence-electron chi connectivity index (χ3n) is 8.65. The summed E-state index contributed by atoms with van der Waals surface area (Å²) in [5.41, 5.74) is 4.37. The minimum absolute atomic E-state index is 0.174. The first-order valence-corrected chi connectivity index (χ1v) is 18.5. The molecule has 2 N–H and O–H groups in total. The Labute approximate surface area is 239 Å². The van der Waals surface area contributed by atoms with Crippen LogP contribution in [0.3, 0.4) is 0 Å². The molecule has 2 aromatic heterocycles. The van der Waals surface area contributed by atoms with Gasteiger partial charge in [-0.25, -0.2) is 4.98 Å². The highest BCUT2D eigenvalue weighted by atomic mass is 28.3. The highest BCUT2D eigenvalue weighted by Gasteiger charge is 2.35. The Bertz CT molecular complexity index is 1310. The molecule has 0 aromatic carbocycles. The van der Waals surface area contributed by atoms with Crippen molar-refractivity contribution < 1.29 is 9.53 Å². The molecule has 5 rings (SSSR count). The molecule has 3 aliphatic rings. The Balaban J connectivity index is 1.39. The molecule has 4 heterocycles. The minimum atomic E-state index is -1.23. The fourth-order valence-electron chi connectivity index (χ4n) is 6.11. The Morgan fingerprint density at radius 1 is 1.23 bits per heavy atom. The number of hydrogen-bond acceptors (Lipinski definition) is 6. The van der Waals surface area contributed by atoms with E-state index in [4.69, 9.17) is 9.72 Å². The molecule has 1 aliphatic carbocycles. The smallest absolute Gasteiger partial charge is 0.291 e. The van der Waals surface area contributed by atoms with E-state index in [0.29, 0.717) is 30.3 Å². The molecule has 0 radical (unpaired) electrons. The van der Waals surface area contributed by atoms with Crippen LogP contribution in [0, 0.1) is 16.7 Å². The van der Waals surface area contributed by atoms with Gasteiger partial charge in [0.2, 0.25) is 5.82 Å². The topological polar surface area (TPSA) is 105 Å². The van der Waals surface area contributed by atoms with Crippen molar-refractivity contribution >= 4 is 25.2 Å². The van der Waals surface area contributed by atoms with Gasteiger partial charge in [-0.15, -0.1) is 0 Å². The van der Waals surface area contributed by atoms with Crippen molar-refractivity contribution in [1.29, 1.82) is 5.26 Å². The third kappa shape index (κ3) is 6.91. The van der Waals surface area contributed by atoms with Gasteiger partial charge >= 0.3 is 0 Å². The van der Waals surface area contributed by atoms with Crippen LogP contribution in [-0.4, -0.2) is 47.2 Å². The zero-order valence-electron chi connectivity index (χ0n) is 24.7. The van der Waals surface area contributed by atoms with Gasteiger partial charge in [0.1, 0.15) is 12.8 Å². The molecule has 2 fully saturated rings. The lowest BCUT2D eigenvalue weighted by atomic mass is 9.77. The number of nitriles is 1. The summed E-state index contributed by atoms with van der Waals surface area (Å²) in [7, 11) is -1.23. The van der Waals surface area contributed by atoms with Crippen LogP contribution >= 0.6 is 0 Å². The molecule has 2 bridgehead atoms. The number of allylic oxidation sites excluding steroid dienone is 2. The average molecular weight is 561 g/mol. The van der Waals surface area contributed by atoms with Gasteiger partial charge in [0.25, 0.3) is 5.91 Å². The Morgan fingerprint density at radius 3 is 2.62 bits per heavy atom. The van der Waals surface area contributed by atoms with Gasteiger partial charge in [-0.1, -0.05) is 39.6 Å². The van der Waals surface area contributed by atoms with Gasteiger partial charge in [-0.3, -0.25) is 9.78 Å². The van der Waals surface area contributed by atoms with Crippen LogP contribution in [0.2, 0.25) is 25.7 Å². The van der Waals surface area contributed by atoms with Crippen molar-refractivity contribution in [2.75, 3.05) is 11.9 Å². The number of ether oxygens (including phenoxy) is 1. The number of nitrogens with one attached hydrogen (secondary N) is 2. The number of rotatable bonds is 9. The fourth-order valence-corrected chi connectivity index (χ4v) is 6.86. The van der Waals surface area contributed by atoms with Crippen LogP contribution in [0.1, 0.15) is 92.4 Å². The van der Waals surface area contributed by atoms with E-state index in [1.165, 1.54) is 18.4 Å². The number of anilines is 1. The minimum Gasteiger partial charge on any atom is -0.361 e. The van der Waals surface area contributed by atoms with Crippen molar-refractivity contribution in [1.82, 2.24) is 19.9 Å². The summed E-state index contributed by atoms with van der Waals surface area (Å²) >= 11 is 0. The second-order valence-electron chi connectivity index (χ2n) is 13.9. The molecule has 2 aromatic rings. The fraction of sp³-hybridized carbons (Fsp3) is 0.613. The zero-order chi connectivity index (χ0) is 28.5. The number of hydrogen-bond donors (Lipinski definition) is 2. The van der Waals surface area contributed by atoms with Gasteiger partial charge in [0.05, 0.1) is 11.4 Å². The molecule has 9 heteroatoms. The largest absolute Gasteiger partial charge is 0.361 e. The second kappa shape index (κ2) is 11.6. The molecule has 1 amide bonds. The molecule has 8 nitrogen and oxygen atoms in total. The summed E-state index contributed by atoms with van der Waals surface area (Å²) in [6.45, 7) is 12.3. The summed E-state index contributed by atoms with van der Waals surface area (Å²) in [6, 6.07) is 8.37. The standard InChI is InChI=1S/C31H44N6O2Si/c1-31(2)12-10-21(11-13-31)28-27(9-8-26(35-28)22-16-23-6-7-24(17-22)33-23)36-30(38)29-34-25(18-32)19-37(29)20-39-14-15-40(3,4)5/h8-10,19,22-24,33H,6-7,11-17,20H2,1-5H3,(H,36,38). The lowest BCUT2D eigenvalue weighted by Crippen LogP contribution is -2.37. The van der Waals surface area contributed by atoms with Gasteiger partial charge in [0, 0.05) is 44.6 Å². The third-order valence-corrected chi connectivity index (χ3v) is 10.4. The number of carbonyl (C=O) groups is 1. The number of fused-ring (bicyclic) bond motifs is 2. The lowest BCUT2D eigenvalue weighted by Gasteiger charge is -2.31. The Hall–Kier alpha value is -2.80. The number of aromatic nitrogens is 3. The first-order valence-electron chi connectivity index (χ1n) is 14.8. The van der Waals surface area contributed by atoms with Crippen molar-refractivity contribution in [3.8, 4) is 6.07 Å². The van der Waals surface area contributed by atoms with Gasteiger partial charge in [0.15, 0.2) is 5.69 Å². The molecule has 2 aliphatic heterocycles. The SMILES string of the molecule is CC1(C)CC=C(c2nc(C3CC4CCC(C3)N4)ccc2NC(=O)c2nc(C#N)cn2COCC[Si](C)(C)C)CC1. The van der Waals surface area contributed by atoms with E-state index in [2.05, 4.69) is 67.3 Å². The molecule has 2 saturated heterocycles. The summed E-state index contributed by atoms with van der Waals surface area (Å²) in [4.78, 5) is 23.1. The summed E-state index contributed by atoms with van der Waals surface area (Å²) in [5, 5.41) is 16.3. The van der Waals surface area contributed by atoms with E-state index in [-0.39, 0.29) is 29.6 Å². The molecule has 214 valence electrons. The second-order valence-corrected chi connectivity index (χ2v) is 19.5. The number of carbonyl (C=O) groups excluding carboxylic acids is 1. The maximum atomic E-state index is 13.6. The maximum absolute atomic E-state index is 13.6. The number of amides is 1. The van der Waals surface area contributed by atoms with E-state index in [1.807, 2.05) is 6.07 Å². The molecule has 2 atom stereocenters. The zero-order valence-corrected chi connectivity index (χ0v) is 25.7. The quantitative estimate of drug-likeness (QED) is 0.275. The summed E-state index contributed by atoms with van der Waals surface area (Å²) in [5.74, 6) is 0.254. The number of pyridine rings is 1. The van der Waals surface area contributed by atoms with Crippen molar-refractivity contribution in [2.45, 2.75) is 109 Å². The van der Waals surface area contributed by atoms with E-state index in [0.717, 1.165) is 49.5 Å². The highest BCUT2D eigenvalue weighted by Crippen LogP contribution is 2.41. The van der Waals surface area contributed by atoms with E-state index >= 15 is 0 Å². The molecular formula is C31H44N6O2Si. The predicted molar refractivity (Wildman–Crippen MR) is 161 cm³/mol. The number of imidazole rings is 1. The molecule has 0 spiro atoms. The van der Waals surface area contributed by atoms with Crippen molar-refractivity contribution in [3.05, 3.63) is 47.3 Å². The van der Waals surface area contributed by atoms with Crippen LogP contribution in [-0.2, 0) is 11.5 Å². The highest BCUT2D eigenvalue weighted by molar-refractivity contribution is 6.76. The van der Waals surface area contributed by atoms with Crippen LogP contribution in [0.15, 0.2) is 24.4 Å². The van der Waals surface area contributed by atoms with E-state index in [1.54, 1.807) is 10.8 Å². The van der Waals surface area contributed by atoms with Crippen LogP contribution < -0.4 is 10.6 Å². The Morgan fingerprint density at radius 2 is 1.98 bits per heavy atom. The predicted octanol–water partition coefficient (Wildman–Crippen LogP) is 6.31. The first-order chi connectivity index (χ1) is 19.0.